The normalized spacial score (nSPS) is 10.6. The van der Waals surface area contributed by atoms with Crippen LogP contribution >= 0.6 is 0 Å². The summed E-state index contributed by atoms with van der Waals surface area (Å²) in [4.78, 5) is 10.5. The molecule has 0 fully saturated rings. The molecule has 1 heterocycles. The van der Waals surface area contributed by atoms with Crippen molar-refractivity contribution in [3.05, 3.63) is 23.9 Å². The Morgan fingerprint density at radius 3 is 3.07 bits per heavy atom. The monoisotopic (exact) mass is 191 g/mol. The molecule has 1 aromatic carbocycles. The van der Waals surface area contributed by atoms with E-state index in [1.54, 1.807) is 18.2 Å². The maximum Gasteiger partial charge on any atom is 0.309 e. The number of aromatic nitrogens is 2. The Morgan fingerprint density at radius 2 is 2.36 bits per heavy atom. The van der Waals surface area contributed by atoms with Gasteiger partial charge in [-0.2, -0.15) is 5.10 Å². The Kier molecular flexibility index (Phi) is 1.85. The van der Waals surface area contributed by atoms with Gasteiger partial charge in [0.05, 0.1) is 17.6 Å². The molecule has 14 heavy (non-hydrogen) atoms. The van der Waals surface area contributed by atoms with Gasteiger partial charge in [-0.3, -0.25) is 9.89 Å². The molecule has 0 radical (unpaired) electrons. The number of anilines is 1. The van der Waals surface area contributed by atoms with E-state index < -0.39 is 5.97 Å². The summed E-state index contributed by atoms with van der Waals surface area (Å²) in [6.45, 7) is 0. The van der Waals surface area contributed by atoms with Crippen molar-refractivity contribution in [2.24, 2.45) is 0 Å². The van der Waals surface area contributed by atoms with Gasteiger partial charge in [0, 0.05) is 11.1 Å². The number of aliphatic carboxylic acids is 1. The molecule has 72 valence electrons. The summed E-state index contributed by atoms with van der Waals surface area (Å²) < 4.78 is 0. The van der Waals surface area contributed by atoms with Crippen molar-refractivity contribution in [1.82, 2.24) is 10.2 Å². The third-order valence-corrected chi connectivity index (χ3v) is 1.99. The zero-order valence-electron chi connectivity index (χ0n) is 7.32. The SMILES string of the molecule is Nc1ccc2n[nH]c(CC(=O)O)c2c1. The molecule has 0 unspecified atom stereocenters. The van der Waals surface area contributed by atoms with Crippen molar-refractivity contribution in [3.8, 4) is 0 Å². The number of carboxylic acid groups (broad SMARTS) is 1. The number of nitrogen functional groups attached to an aromatic ring is 1. The van der Waals surface area contributed by atoms with E-state index in [-0.39, 0.29) is 6.42 Å². The molecule has 4 N–H and O–H groups in total. The summed E-state index contributed by atoms with van der Waals surface area (Å²) in [7, 11) is 0. The highest BCUT2D eigenvalue weighted by Gasteiger charge is 2.08. The molecule has 2 rings (SSSR count). The molecule has 1 aromatic heterocycles. The minimum Gasteiger partial charge on any atom is -0.481 e. The predicted octanol–water partition coefficient (Wildman–Crippen LogP) is 0.772. The van der Waals surface area contributed by atoms with E-state index in [1.807, 2.05) is 0 Å². The largest absolute Gasteiger partial charge is 0.481 e. The summed E-state index contributed by atoms with van der Waals surface area (Å²) in [5.74, 6) is -0.891. The highest BCUT2D eigenvalue weighted by atomic mass is 16.4. The number of benzene rings is 1. The lowest BCUT2D eigenvalue weighted by molar-refractivity contribution is -0.136. The number of nitrogens with one attached hydrogen (secondary N) is 1. The number of H-pyrrole nitrogens is 1. The number of nitrogens with two attached hydrogens (primary N) is 1. The maximum absolute atomic E-state index is 10.5. The Balaban J connectivity index is 2.55. The van der Waals surface area contributed by atoms with Crippen molar-refractivity contribution >= 4 is 22.6 Å². The number of fused-ring (bicyclic) bond motifs is 1. The number of carbonyl (C=O) groups is 1. The molecule has 5 nitrogen and oxygen atoms in total. The van der Waals surface area contributed by atoms with Gasteiger partial charge in [-0.05, 0) is 18.2 Å². The average molecular weight is 191 g/mol. The summed E-state index contributed by atoms with van der Waals surface area (Å²) >= 11 is 0. The lowest BCUT2D eigenvalue weighted by Crippen LogP contribution is -2.00. The lowest BCUT2D eigenvalue weighted by atomic mass is 10.1. The van der Waals surface area contributed by atoms with Gasteiger partial charge in [0.2, 0.25) is 0 Å². The molecule has 0 atom stereocenters. The second-order valence-corrected chi connectivity index (χ2v) is 3.05. The van der Waals surface area contributed by atoms with Crippen LogP contribution in [0.2, 0.25) is 0 Å². The highest BCUT2D eigenvalue weighted by molar-refractivity contribution is 5.87. The Bertz CT molecular complexity index is 490. The third-order valence-electron chi connectivity index (χ3n) is 1.99. The molecule has 0 saturated carbocycles. The van der Waals surface area contributed by atoms with Gasteiger partial charge in [0.1, 0.15) is 0 Å². The molecule has 0 spiro atoms. The van der Waals surface area contributed by atoms with Crippen LogP contribution in [0, 0.1) is 0 Å². The van der Waals surface area contributed by atoms with E-state index in [9.17, 15) is 4.79 Å². The van der Waals surface area contributed by atoms with Gasteiger partial charge in [-0.1, -0.05) is 0 Å². The van der Waals surface area contributed by atoms with E-state index in [0.29, 0.717) is 11.4 Å². The van der Waals surface area contributed by atoms with Crippen LogP contribution in [-0.2, 0) is 11.2 Å². The van der Waals surface area contributed by atoms with E-state index in [1.165, 1.54) is 0 Å². The van der Waals surface area contributed by atoms with Crippen molar-refractivity contribution in [2.75, 3.05) is 5.73 Å². The first kappa shape index (κ1) is 8.55. The Labute approximate surface area is 79.5 Å². The average Bonchev–Trinajstić information content (AvgIpc) is 2.47. The molecule has 0 aliphatic carbocycles. The minimum absolute atomic E-state index is 0.0695. The van der Waals surface area contributed by atoms with Crippen LogP contribution in [0.25, 0.3) is 10.9 Å². The summed E-state index contributed by atoms with van der Waals surface area (Å²) in [5, 5.41) is 16.1. The molecule has 0 aliphatic heterocycles. The molecule has 5 heteroatoms. The number of hydrogen-bond donors (Lipinski definition) is 3. The molecule has 0 saturated heterocycles. The second-order valence-electron chi connectivity index (χ2n) is 3.05. The number of rotatable bonds is 2. The van der Waals surface area contributed by atoms with E-state index in [4.69, 9.17) is 10.8 Å². The fourth-order valence-corrected chi connectivity index (χ4v) is 1.37. The molecule has 0 aliphatic rings. The van der Waals surface area contributed by atoms with Gasteiger partial charge in [0.15, 0.2) is 0 Å². The molecular formula is C9H9N3O2. The number of carboxylic acids is 1. The fourth-order valence-electron chi connectivity index (χ4n) is 1.37. The first-order valence-corrected chi connectivity index (χ1v) is 4.11. The van der Waals surface area contributed by atoms with Crippen LogP contribution in [0.1, 0.15) is 5.69 Å². The zero-order chi connectivity index (χ0) is 10.1. The predicted molar refractivity (Wildman–Crippen MR) is 51.8 cm³/mol. The van der Waals surface area contributed by atoms with Crippen LogP contribution in [0.5, 0.6) is 0 Å². The van der Waals surface area contributed by atoms with E-state index in [0.717, 1.165) is 10.9 Å². The number of aromatic amines is 1. The van der Waals surface area contributed by atoms with Gasteiger partial charge in [0.25, 0.3) is 0 Å². The van der Waals surface area contributed by atoms with Gasteiger partial charge in [-0.25, -0.2) is 0 Å². The van der Waals surface area contributed by atoms with Gasteiger partial charge < -0.3 is 10.8 Å². The first-order chi connectivity index (χ1) is 6.66. The maximum atomic E-state index is 10.5. The smallest absolute Gasteiger partial charge is 0.309 e. The topological polar surface area (TPSA) is 92.0 Å². The van der Waals surface area contributed by atoms with E-state index >= 15 is 0 Å². The van der Waals surface area contributed by atoms with Crippen LogP contribution in [0.3, 0.4) is 0 Å². The second kappa shape index (κ2) is 3.02. The zero-order valence-corrected chi connectivity index (χ0v) is 7.32. The lowest BCUT2D eigenvalue weighted by Gasteiger charge is -1.94. The molecular weight excluding hydrogens is 182 g/mol. The van der Waals surface area contributed by atoms with Gasteiger partial charge >= 0.3 is 5.97 Å². The molecule has 0 bridgehead atoms. The summed E-state index contributed by atoms with van der Waals surface area (Å²) in [5.41, 5.74) is 7.51. The number of hydrogen-bond acceptors (Lipinski definition) is 3. The molecule has 0 amide bonds. The quantitative estimate of drug-likeness (QED) is 0.611. The van der Waals surface area contributed by atoms with Crippen LogP contribution in [0.4, 0.5) is 5.69 Å². The highest BCUT2D eigenvalue weighted by Crippen LogP contribution is 2.18. The van der Waals surface area contributed by atoms with Crippen molar-refractivity contribution in [2.45, 2.75) is 6.42 Å². The first-order valence-electron chi connectivity index (χ1n) is 4.11. The standard InChI is InChI=1S/C9H9N3O2/c10-5-1-2-7-6(3-5)8(12-11-7)4-9(13)14/h1-3H,4,10H2,(H,11,12)(H,13,14). The third kappa shape index (κ3) is 1.39. The summed E-state index contributed by atoms with van der Waals surface area (Å²) in [6.07, 6.45) is -0.0695. The number of nitrogens with zero attached hydrogens (tertiary/aromatic N) is 1. The van der Waals surface area contributed by atoms with Crippen LogP contribution < -0.4 is 5.73 Å². The van der Waals surface area contributed by atoms with Crippen molar-refractivity contribution in [1.29, 1.82) is 0 Å². The van der Waals surface area contributed by atoms with E-state index in [2.05, 4.69) is 10.2 Å². The molecule has 2 aromatic rings. The minimum atomic E-state index is -0.891. The summed E-state index contributed by atoms with van der Waals surface area (Å²) in [6, 6.07) is 5.21. The Morgan fingerprint density at radius 1 is 1.57 bits per heavy atom. The van der Waals surface area contributed by atoms with Crippen LogP contribution in [0.15, 0.2) is 18.2 Å². The Hall–Kier alpha value is -2.04. The van der Waals surface area contributed by atoms with Crippen LogP contribution in [-0.4, -0.2) is 21.3 Å². The van der Waals surface area contributed by atoms with Gasteiger partial charge in [-0.15, -0.1) is 0 Å². The van der Waals surface area contributed by atoms with Crippen molar-refractivity contribution < 1.29 is 9.90 Å². The van der Waals surface area contributed by atoms with Crippen molar-refractivity contribution in [3.63, 3.8) is 0 Å². The fraction of sp³-hybridized carbons (Fsp3) is 0.111.